The van der Waals surface area contributed by atoms with Gasteiger partial charge in [0.15, 0.2) is 5.84 Å². The highest BCUT2D eigenvalue weighted by atomic mass is 16.4. The largest absolute Gasteiger partial charge is 0.409 e. The first-order valence-corrected chi connectivity index (χ1v) is 6.09. The van der Waals surface area contributed by atoms with Crippen LogP contribution in [-0.4, -0.2) is 35.4 Å². The summed E-state index contributed by atoms with van der Waals surface area (Å²) in [7, 11) is 1.76. The van der Waals surface area contributed by atoms with Crippen molar-refractivity contribution in [1.82, 2.24) is 4.90 Å². The summed E-state index contributed by atoms with van der Waals surface area (Å²) < 4.78 is 0. The third-order valence-corrected chi connectivity index (χ3v) is 3.20. The van der Waals surface area contributed by atoms with E-state index in [9.17, 15) is 4.79 Å². The maximum atomic E-state index is 12.4. The Morgan fingerprint density at radius 1 is 1.41 bits per heavy atom. The Kier molecular flexibility index (Phi) is 5.99. The van der Waals surface area contributed by atoms with Gasteiger partial charge in [-0.3, -0.25) is 4.79 Å². The molecule has 0 aliphatic rings. The molecular formula is C12H25N3O2. The lowest BCUT2D eigenvalue weighted by molar-refractivity contribution is -0.138. The maximum Gasteiger partial charge on any atom is 0.236 e. The van der Waals surface area contributed by atoms with Crippen LogP contribution in [0.25, 0.3) is 0 Å². The minimum atomic E-state index is -0.877. The molecule has 100 valence electrons. The first kappa shape index (κ1) is 15.7. The predicted octanol–water partition coefficient (Wildman–Crippen LogP) is 1.65. The Balaban J connectivity index is 5.14. The van der Waals surface area contributed by atoms with E-state index in [-0.39, 0.29) is 11.7 Å². The van der Waals surface area contributed by atoms with Crippen molar-refractivity contribution in [2.75, 3.05) is 13.6 Å². The second kappa shape index (κ2) is 6.47. The lowest BCUT2D eigenvalue weighted by atomic mass is 9.79. The van der Waals surface area contributed by atoms with Gasteiger partial charge in [-0.05, 0) is 18.8 Å². The third kappa shape index (κ3) is 3.35. The van der Waals surface area contributed by atoms with Crippen LogP contribution in [0.1, 0.15) is 40.5 Å². The Hall–Kier alpha value is -1.26. The SMILES string of the molecule is CCC(CC)(C(=O)N(C)CC(C)C)C(N)=NO. The van der Waals surface area contributed by atoms with Crippen LogP contribution in [0.4, 0.5) is 0 Å². The van der Waals surface area contributed by atoms with E-state index < -0.39 is 5.41 Å². The third-order valence-electron chi connectivity index (χ3n) is 3.20. The normalized spacial score (nSPS) is 12.9. The topological polar surface area (TPSA) is 78.9 Å². The molecular weight excluding hydrogens is 218 g/mol. The Morgan fingerprint density at radius 2 is 1.88 bits per heavy atom. The molecule has 0 saturated heterocycles. The molecule has 0 bridgehead atoms. The smallest absolute Gasteiger partial charge is 0.236 e. The lowest BCUT2D eigenvalue weighted by Gasteiger charge is -2.33. The highest BCUT2D eigenvalue weighted by Crippen LogP contribution is 2.29. The molecule has 0 rings (SSSR count). The summed E-state index contributed by atoms with van der Waals surface area (Å²) in [6, 6.07) is 0. The zero-order chi connectivity index (χ0) is 13.6. The fourth-order valence-electron chi connectivity index (χ4n) is 2.12. The fraction of sp³-hybridized carbons (Fsp3) is 0.833. The van der Waals surface area contributed by atoms with Gasteiger partial charge < -0.3 is 15.8 Å². The van der Waals surface area contributed by atoms with Gasteiger partial charge in [0.2, 0.25) is 5.91 Å². The summed E-state index contributed by atoms with van der Waals surface area (Å²) in [4.78, 5) is 14.1. The summed E-state index contributed by atoms with van der Waals surface area (Å²) >= 11 is 0. The van der Waals surface area contributed by atoms with E-state index in [0.717, 1.165) is 0 Å². The minimum Gasteiger partial charge on any atom is -0.409 e. The zero-order valence-corrected chi connectivity index (χ0v) is 11.5. The molecule has 0 radical (unpaired) electrons. The number of nitrogens with zero attached hydrogens (tertiary/aromatic N) is 2. The summed E-state index contributed by atoms with van der Waals surface area (Å²) in [5.74, 6) is 0.317. The maximum absolute atomic E-state index is 12.4. The van der Waals surface area contributed by atoms with Crippen LogP contribution in [-0.2, 0) is 4.79 Å². The Bertz CT molecular complexity index is 283. The highest BCUT2D eigenvalue weighted by molar-refractivity contribution is 6.06. The van der Waals surface area contributed by atoms with Gasteiger partial charge in [0, 0.05) is 13.6 Å². The minimum absolute atomic E-state index is 0.00288. The molecule has 0 aliphatic carbocycles. The van der Waals surface area contributed by atoms with Gasteiger partial charge in [0.1, 0.15) is 5.41 Å². The van der Waals surface area contributed by atoms with Gasteiger partial charge in [-0.25, -0.2) is 0 Å². The van der Waals surface area contributed by atoms with Crippen LogP contribution < -0.4 is 5.73 Å². The molecule has 0 saturated carbocycles. The second-order valence-electron chi connectivity index (χ2n) is 4.85. The number of rotatable bonds is 6. The van der Waals surface area contributed by atoms with Crippen molar-refractivity contribution in [2.45, 2.75) is 40.5 Å². The van der Waals surface area contributed by atoms with Crippen molar-refractivity contribution < 1.29 is 10.0 Å². The summed E-state index contributed by atoms with van der Waals surface area (Å²) in [6.07, 6.45) is 1.06. The van der Waals surface area contributed by atoms with Crippen LogP contribution in [0, 0.1) is 11.3 Å². The van der Waals surface area contributed by atoms with Crippen molar-refractivity contribution in [3.05, 3.63) is 0 Å². The molecule has 0 atom stereocenters. The predicted molar refractivity (Wildman–Crippen MR) is 68.9 cm³/mol. The summed E-state index contributed by atoms with van der Waals surface area (Å²) in [6.45, 7) is 8.52. The number of hydrogen-bond acceptors (Lipinski definition) is 3. The van der Waals surface area contributed by atoms with Crippen molar-refractivity contribution in [3.63, 3.8) is 0 Å². The van der Waals surface area contributed by atoms with E-state index in [0.29, 0.717) is 25.3 Å². The number of hydrogen-bond donors (Lipinski definition) is 2. The molecule has 5 nitrogen and oxygen atoms in total. The molecule has 0 aromatic carbocycles. The fourth-order valence-corrected chi connectivity index (χ4v) is 2.12. The van der Waals surface area contributed by atoms with Gasteiger partial charge in [0.25, 0.3) is 0 Å². The lowest BCUT2D eigenvalue weighted by Crippen LogP contribution is -2.50. The second-order valence-corrected chi connectivity index (χ2v) is 4.85. The molecule has 0 unspecified atom stereocenters. The van der Waals surface area contributed by atoms with Gasteiger partial charge in [-0.2, -0.15) is 0 Å². The monoisotopic (exact) mass is 243 g/mol. The van der Waals surface area contributed by atoms with Gasteiger partial charge in [0.05, 0.1) is 0 Å². The van der Waals surface area contributed by atoms with E-state index in [2.05, 4.69) is 5.16 Å². The van der Waals surface area contributed by atoms with Crippen LogP contribution in [0.15, 0.2) is 5.16 Å². The van der Waals surface area contributed by atoms with Crippen LogP contribution in [0.5, 0.6) is 0 Å². The first-order valence-electron chi connectivity index (χ1n) is 6.09. The van der Waals surface area contributed by atoms with Gasteiger partial charge in [-0.15, -0.1) is 0 Å². The van der Waals surface area contributed by atoms with Crippen LogP contribution in [0.3, 0.4) is 0 Å². The highest BCUT2D eigenvalue weighted by Gasteiger charge is 2.41. The molecule has 1 amide bonds. The van der Waals surface area contributed by atoms with E-state index in [4.69, 9.17) is 10.9 Å². The van der Waals surface area contributed by atoms with Crippen molar-refractivity contribution in [2.24, 2.45) is 22.2 Å². The van der Waals surface area contributed by atoms with E-state index >= 15 is 0 Å². The zero-order valence-electron chi connectivity index (χ0n) is 11.5. The molecule has 17 heavy (non-hydrogen) atoms. The van der Waals surface area contributed by atoms with Gasteiger partial charge >= 0.3 is 0 Å². The number of carbonyl (C=O) groups is 1. The van der Waals surface area contributed by atoms with Crippen molar-refractivity contribution in [3.8, 4) is 0 Å². The molecule has 0 aliphatic heterocycles. The number of carbonyl (C=O) groups excluding carboxylic acids is 1. The van der Waals surface area contributed by atoms with Crippen LogP contribution >= 0.6 is 0 Å². The van der Waals surface area contributed by atoms with E-state index in [1.807, 2.05) is 27.7 Å². The van der Waals surface area contributed by atoms with Crippen LogP contribution in [0.2, 0.25) is 0 Å². The molecule has 0 aromatic rings. The van der Waals surface area contributed by atoms with E-state index in [1.54, 1.807) is 11.9 Å². The molecule has 5 heteroatoms. The molecule has 0 fully saturated rings. The molecule has 0 spiro atoms. The first-order chi connectivity index (χ1) is 7.85. The summed E-state index contributed by atoms with van der Waals surface area (Å²) in [5, 5.41) is 11.9. The van der Waals surface area contributed by atoms with E-state index in [1.165, 1.54) is 0 Å². The number of amides is 1. The van der Waals surface area contributed by atoms with Gasteiger partial charge in [-0.1, -0.05) is 32.9 Å². The Labute approximate surface area is 104 Å². The molecule has 3 N–H and O–H groups in total. The number of nitrogens with two attached hydrogens (primary N) is 1. The van der Waals surface area contributed by atoms with Crippen molar-refractivity contribution >= 4 is 11.7 Å². The number of oxime groups is 1. The molecule has 0 aromatic heterocycles. The average Bonchev–Trinajstić information content (AvgIpc) is 2.29. The van der Waals surface area contributed by atoms with Crippen molar-refractivity contribution in [1.29, 1.82) is 0 Å². The average molecular weight is 243 g/mol. The quantitative estimate of drug-likeness (QED) is 0.322. The number of amidine groups is 1. The standard InChI is InChI=1S/C12H25N3O2/c1-6-12(7-2,10(13)14-17)11(16)15(5)8-9(3)4/h9,17H,6-8H2,1-5H3,(H2,13,14). The summed E-state index contributed by atoms with van der Waals surface area (Å²) in [5.41, 5.74) is 4.82. The molecule has 0 heterocycles. The Morgan fingerprint density at radius 3 is 2.18 bits per heavy atom.